The molecule has 1 aromatic carbocycles. The van der Waals surface area contributed by atoms with Gasteiger partial charge in [0.15, 0.2) is 0 Å². The van der Waals surface area contributed by atoms with Gasteiger partial charge in [-0.3, -0.25) is 0 Å². The van der Waals surface area contributed by atoms with E-state index in [1.54, 1.807) is 19.1 Å². The average Bonchev–Trinajstić information content (AvgIpc) is 2.84. The summed E-state index contributed by atoms with van der Waals surface area (Å²) in [6.07, 6.45) is 0.340. The van der Waals surface area contributed by atoms with Gasteiger partial charge in [-0.05, 0) is 25.1 Å². The van der Waals surface area contributed by atoms with Crippen LogP contribution in [0.15, 0.2) is 39.8 Å². The molecule has 110 valence electrons. The quantitative estimate of drug-likeness (QED) is 0.835. The van der Waals surface area contributed by atoms with Gasteiger partial charge in [-0.25, -0.2) is 13.1 Å². The van der Waals surface area contributed by atoms with Crippen LogP contribution in [0.2, 0.25) is 0 Å². The second kappa shape index (κ2) is 6.43. The lowest BCUT2D eigenvalue weighted by Crippen LogP contribution is -2.12. The van der Waals surface area contributed by atoms with Crippen LogP contribution in [-0.2, 0) is 10.0 Å². The van der Waals surface area contributed by atoms with Gasteiger partial charge in [-0.2, -0.15) is 0 Å². The van der Waals surface area contributed by atoms with E-state index in [-0.39, 0.29) is 17.4 Å². The predicted octanol–water partition coefficient (Wildman–Crippen LogP) is 1.52. The Bertz CT molecular complexity index is 785. The van der Waals surface area contributed by atoms with Crippen molar-refractivity contribution >= 4 is 15.9 Å². The number of anilines is 1. The number of aromatic nitrogens is 1. The summed E-state index contributed by atoms with van der Waals surface area (Å²) in [7, 11) is -3.75. The first-order valence-corrected chi connectivity index (χ1v) is 7.65. The number of sulfonamides is 1. The van der Waals surface area contributed by atoms with Crippen LogP contribution in [0.3, 0.4) is 0 Å². The zero-order chi connectivity index (χ0) is 15.3. The van der Waals surface area contributed by atoms with Crippen molar-refractivity contribution < 1.29 is 18.0 Å². The molecule has 0 radical (unpaired) electrons. The molecule has 0 bridgehead atoms. The molecule has 0 saturated heterocycles. The smallest absolute Gasteiger partial charge is 0.264 e. The molecular weight excluding hydrogens is 292 g/mol. The Kier molecular flexibility index (Phi) is 4.62. The van der Waals surface area contributed by atoms with Crippen molar-refractivity contribution in [2.45, 2.75) is 18.2 Å². The van der Waals surface area contributed by atoms with E-state index in [4.69, 9.17) is 9.63 Å². The van der Waals surface area contributed by atoms with Crippen molar-refractivity contribution in [3.63, 3.8) is 0 Å². The summed E-state index contributed by atoms with van der Waals surface area (Å²) >= 11 is 0. The van der Waals surface area contributed by atoms with E-state index in [2.05, 4.69) is 21.7 Å². The highest BCUT2D eigenvalue weighted by atomic mass is 32.2. The minimum absolute atomic E-state index is 0.0304. The lowest BCUT2D eigenvalue weighted by atomic mass is 10.2. The van der Waals surface area contributed by atoms with E-state index < -0.39 is 10.0 Å². The topological polar surface area (TPSA) is 92.4 Å². The Balaban J connectivity index is 2.24. The Labute approximate surface area is 122 Å². The first kappa shape index (κ1) is 15.1. The molecule has 2 N–H and O–H groups in total. The van der Waals surface area contributed by atoms with Crippen molar-refractivity contribution in [2.75, 3.05) is 11.3 Å². The Morgan fingerprint density at radius 1 is 1.38 bits per heavy atom. The number of nitrogens with one attached hydrogen (secondary N) is 1. The molecule has 1 heterocycles. The maximum absolute atomic E-state index is 12.2. The van der Waals surface area contributed by atoms with Crippen LogP contribution in [0, 0.1) is 18.8 Å². The van der Waals surface area contributed by atoms with Gasteiger partial charge in [-0.1, -0.05) is 23.1 Å². The van der Waals surface area contributed by atoms with Crippen molar-refractivity contribution in [1.29, 1.82) is 0 Å². The number of aliphatic hydroxyl groups is 1. The molecule has 7 heteroatoms. The molecule has 0 saturated carbocycles. The summed E-state index contributed by atoms with van der Waals surface area (Å²) in [4.78, 5) is 0.0763. The molecule has 1 aromatic heterocycles. The van der Waals surface area contributed by atoms with Gasteiger partial charge in [-0.15, -0.1) is 0 Å². The first-order chi connectivity index (χ1) is 10.0. The third-order valence-corrected chi connectivity index (χ3v) is 3.82. The largest absolute Gasteiger partial charge is 0.395 e. The average molecular weight is 306 g/mol. The third-order valence-electron chi connectivity index (χ3n) is 2.48. The van der Waals surface area contributed by atoms with Crippen LogP contribution in [0.1, 0.15) is 17.7 Å². The number of rotatable bonds is 4. The molecule has 0 fully saturated rings. The Morgan fingerprint density at radius 3 is 2.86 bits per heavy atom. The highest BCUT2D eigenvalue weighted by molar-refractivity contribution is 7.92. The van der Waals surface area contributed by atoms with E-state index in [0.29, 0.717) is 17.7 Å². The second-order valence-electron chi connectivity index (χ2n) is 4.24. The summed E-state index contributed by atoms with van der Waals surface area (Å²) in [5, 5.41) is 12.3. The molecule has 0 atom stereocenters. The molecule has 0 amide bonds. The zero-order valence-corrected chi connectivity index (χ0v) is 12.1. The molecule has 0 aliphatic heterocycles. The fourth-order valence-corrected chi connectivity index (χ4v) is 2.58. The monoisotopic (exact) mass is 306 g/mol. The summed E-state index contributed by atoms with van der Waals surface area (Å²) in [5.41, 5.74) is 1.14. The van der Waals surface area contributed by atoms with Gasteiger partial charge in [0.2, 0.25) is 5.88 Å². The number of benzene rings is 1. The molecule has 0 spiro atoms. The summed E-state index contributed by atoms with van der Waals surface area (Å²) in [6.45, 7) is 1.66. The maximum atomic E-state index is 12.2. The highest BCUT2D eigenvalue weighted by Crippen LogP contribution is 2.17. The van der Waals surface area contributed by atoms with Gasteiger partial charge in [0.25, 0.3) is 10.0 Å². The van der Waals surface area contributed by atoms with E-state index >= 15 is 0 Å². The lowest BCUT2D eigenvalue weighted by Gasteiger charge is -2.04. The molecule has 6 nitrogen and oxygen atoms in total. The fourth-order valence-electron chi connectivity index (χ4n) is 1.56. The minimum Gasteiger partial charge on any atom is -0.395 e. The molecule has 2 rings (SSSR count). The maximum Gasteiger partial charge on any atom is 0.264 e. The number of aliphatic hydroxyl groups excluding tert-OH is 1. The molecular formula is C14H14N2O4S. The van der Waals surface area contributed by atoms with Crippen LogP contribution < -0.4 is 4.72 Å². The molecule has 21 heavy (non-hydrogen) atoms. The van der Waals surface area contributed by atoms with E-state index in [0.717, 1.165) is 0 Å². The summed E-state index contributed by atoms with van der Waals surface area (Å²) < 4.78 is 31.6. The van der Waals surface area contributed by atoms with Gasteiger partial charge in [0, 0.05) is 18.1 Å². The van der Waals surface area contributed by atoms with E-state index in [1.165, 1.54) is 18.2 Å². The Hall–Kier alpha value is -2.30. The summed E-state index contributed by atoms with van der Waals surface area (Å²) in [6, 6.07) is 7.70. The number of hydrogen-bond acceptors (Lipinski definition) is 5. The van der Waals surface area contributed by atoms with Gasteiger partial charge >= 0.3 is 0 Å². The standard InChI is InChI=1S/C14H14N2O4S/c1-11-9-14(20-15-11)16-21(18,19)13-7-4-6-12(10-13)5-2-3-8-17/h4,6-7,9-10,16-17H,3,8H2,1H3. The normalized spacial score (nSPS) is 10.8. The number of hydrogen-bond donors (Lipinski definition) is 2. The number of aryl methyl sites for hydroxylation is 1. The Morgan fingerprint density at radius 2 is 2.19 bits per heavy atom. The van der Waals surface area contributed by atoms with Crippen molar-refractivity contribution in [1.82, 2.24) is 5.16 Å². The zero-order valence-electron chi connectivity index (χ0n) is 11.3. The lowest BCUT2D eigenvalue weighted by molar-refractivity contribution is 0.305. The van der Waals surface area contributed by atoms with Gasteiger partial charge in [0.05, 0.1) is 17.2 Å². The first-order valence-electron chi connectivity index (χ1n) is 6.17. The van der Waals surface area contributed by atoms with Crippen molar-refractivity contribution in [3.8, 4) is 11.8 Å². The minimum atomic E-state index is -3.75. The van der Waals surface area contributed by atoms with Gasteiger partial charge < -0.3 is 9.63 Å². The van der Waals surface area contributed by atoms with Crippen LogP contribution in [0.25, 0.3) is 0 Å². The van der Waals surface area contributed by atoms with E-state index in [9.17, 15) is 8.42 Å². The molecule has 2 aromatic rings. The van der Waals surface area contributed by atoms with Crippen LogP contribution in [0.5, 0.6) is 0 Å². The van der Waals surface area contributed by atoms with E-state index in [1.807, 2.05) is 0 Å². The van der Waals surface area contributed by atoms with Crippen LogP contribution >= 0.6 is 0 Å². The molecule has 0 aliphatic carbocycles. The highest BCUT2D eigenvalue weighted by Gasteiger charge is 2.16. The van der Waals surface area contributed by atoms with Crippen LogP contribution in [0.4, 0.5) is 5.88 Å². The molecule has 0 aliphatic rings. The summed E-state index contributed by atoms with van der Waals surface area (Å²) in [5.74, 6) is 5.59. The number of nitrogens with zero attached hydrogens (tertiary/aromatic N) is 1. The second-order valence-corrected chi connectivity index (χ2v) is 5.92. The van der Waals surface area contributed by atoms with Crippen molar-refractivity contribution in [3.05, 3.63) is 41.6 Å². The van der Waals surface area contributed by atoms with Crippen molar-refractivity contribution in [2.24, 2.45) is 0 Å². The predicted molar refractivity (Wildman–Crippen MR) is 77.1 cm³/mol. The fraction of sp³-hybridized carbons (Fsp3) is 0.214. The third kappa shape index (κ3) is 4.08. The van der Waals surface area contributed by atoms with Crippen LogP contribution in [-0.4, -0.2) is 25.3 Å². The van der Waals surface area contributed by atoms with Gasteiger partial charge in [0.1, 0.15) is 0 Å². The molecule has 0 unspecified atom stereocenters. The SMILES string of the molecule is Cc1cc(NS(=O)(=O)c2cccc(C#CCCO)c2)on1.